The van der Waals surface area contributed by atoms with Crippen molar-refractivity contribution in [2.45, 2.75) is 51.1 Å². The van der Waals surface area contributed by atoms with Crippen LogP contribution in [0.1, 0.15) is 57.1 Å². The number of hydrogen-bond acceptors (Lipinski definition) is 5. The second-order valence-corrected chi connectivity index (χ2v) is 11.5. The van der Waals surface area contributed by atoms with Gasteiger partial charge in [0.1, 0.15) is 11.5 Å². The summed E-state index contributed by atoms with van der Waals surface area (Å²) in [5.74, 6) is 3.05. The third-order valence-corrected chi connectivity index (χ3v) is 7.84. The lowest BCUT2D eigenvalue weighted by Gasteiger charge is -2.20. The van der Waals surface area contributed by atoms with Crippen molar-refractivity contribution in [3.8, 4) is 34.0 Å². The molecule has 0 aliphatic carbocycles. The Bertz CT molecular complexity index is 1340. The minimum atomic E-state index is -0.174. The van der Waals surface area contributed by atoms with Crippen molar-refractivity contribution in [2.24, 2.45) is 0 Å². The molecule has 0 unspecified atom stereocenters. The molecular weight excluding hydrogens is 532 g/mol. The molecule has 0 aliphatic rings. The number of benzene rings is 3. The lowest BCUT2D eigenvalue weighted by Crippen LogP contribution is -2.30. The van der Waals surface area contributed by atoms with Gasteiger partial charge in [0.15, 0.2) is 5.16 Å². The molecule has 4 rings (SSSR count). The zero-order chi connectivity index (χ0) is 29.4. The minimum Gasteiger partial charge on any atom is -0.497 e. The summed E-state index contributed by atoms with van der Waals surface area (Å²) in [6.07, 6.45) is 0.803. The number of carbonyl (C=O) groups is 1. The molecule has 0 spiro atoms. The number of aromatic nitrogens is 2. The minimum absolute atomic E-state index is 0.174. The number of anilines is 1. The van der Waals surface area contributed by atoms with Crippen molar-refractivity contribution in [1.29, 1.82) is 0 Å². The van der Waals surface area contributed by atoms with E-state index in [1.54, 1.807) is 26.0 Å². The number of nitrogens with one attached hydrogen (secondary N) is 3. The molecule has 216 valence electrons. The molecule has 0 saturated carbocycles. The van der Waals surface area contributed by atoms with Crippen molar-refractivity contribution < 1.29 is 14.3 Å². The Labute approximate surface area is 247 Å². The summed E-state index contributed by atoms with van der Waals surface area (Å²) in [5, 5.41) is 6.97. The van der Waals surface area contributed by atoms with Crippen LogP contribution in [0.25, 0.3) is 22.5 Å². The van der Waals surface area contributed by atoms with E-state index in [9.17, 15) is 4.79 Å². The molecule has 3 N–H and O–H groups in total. The predicted octanol–water partition coefficient (Wildman–Crippen LogP) is 8.31. The number of methoxy groups -OCH3 is 2. The Morgan fingerprint density at radius 3 is 1.95 bits per heavy atom. The van der Waals surface area contributed by atoms with Gasteiger partial charge in [-0.05, 0) is 77.9 Å². The van der Waals surface area contributed by atoms with Gasteiger partial charge < -0.3 is 25.1 Å². The van der Waals surface area contributed by atoms with Gasteiger partial charge in [0, 0.05) is 29.1 Å². The Morgan fingerprint density at radius 2 is 1.41 bits per heavy atom. The van der Waals surface area contributed by atoms with Gasteiger partial charge in [0.05, 0.1) is 25.6 Å². The van der Waals surface area contributed by atoms with Gasteiger partial charge >= 0.3 is 6.03 Å². The van der Waals surface area contributed by atoms with Gasteiger partial charge in [0.2, 0.25) is 0 Å². The number of rotatable bonds is 12. The lowest BCUT2D eigenvalue weighted by atomic mass is 9.93. The van der Waals surface area contributed by atoms with Crippen LogP contribution in [0.4, 0.5) is 10.5 Å². The normalized spacial score (nSPS) is 11.1. The van der Waals surface area contributed by atoms with E-state index in [4.69, 9.17) is 14.5 Å². The summed E-state index contributed by atoms with van der Waals surface area (Å²) in [7, 11) is 3.32. The summed E-state index contributed by atoms with van der Waals surface area (Å²) in [4.78, 5) is 21.2. The molecule has 0 bridgehead atoms. The van der Waals surface area contributed by atoms with Crippen LogP contribution in [0.5, 0.6) is 11.5 Å². The Hall–Kier alpha value is -3.91. The average Bonchev–Trinajstić information content (AvgIpc) is 3.41. The van der Waals surface area contributed by atoms with Crippen LogP contribution in [0.3, 0.4) is 0 Å². The zero-order valence-corrected chi connectivity index (χ0v) is 25.5. The molecule has 0 fully saturated rings. The summed E-state index contributed by atoms with van der Waals surface area (Å²) < 4.78 is 10.7. The molecule has 2 amide bonds. The maximum atomic E-state index is 12.8. The van der Waals surface area contributed by atoms with Gasteiger partial charge in [0.25, 0.3) is 0 Å². The largest absolute Gasteiger partial charge is 0.497 e. The summed E-state index contributed by atoms with van der Waals surface area (Å²) >= 11 is 1.64. The fourth-order valence-electron chi connectivity index (χ4n) is 4.64. The highest BCUT2D eigenvalue weighted by molar-refractivity contribution is 7.99. The van der Waals surface area contributed by atoms with Gasteiger partial charge in [-0.3, -0.25) is 0 Å². The monoisotopic (exact) mass is 572 g/mol. The first kappa shape index (κ1) is 30.1. The van der Waals surface area contributed by atoms with E-state index in [2.05, 4.69) is 61.5 Å². The first-order chi connectivity index (χ1) is 19.8. The van der Waals surface area contributed by atoms with Crippen LogP contribution in [0.15, 0.2) is 71.9 Å². The predicted molar refractivity (Wildman–Crippen MR) is 170 cm³/mol. The number of hydrogen-bond donors (Lipinski definition) is 3. The highest BCUT2D eigenvalue weighted by Gasteiger charge is 2.17. The van der Waals surface area contributed by atoms with Crippen molar-refractivity contribution in [2.75, 3.05) is 31.8 Å². The Balaban J connectivity index is 1.39. The number of ether oxygens (including phenoxy) is 2. The Morgan fingerprint density at radius 1 is 0.854 bits per heavy atom. The highest BCUT2D eigenvalue weighted by atomic mass is 32.2. The number of thioether (sulfide) groups is 1. The van der Waals surface area contributed by atoms with Crippen LogP contribution >= 0.6 is 11.8 Å². The second kappa shape index (κ2) is 14.1. The zero-order valence-electron chi connectivity index (χ0n) is 24.7. The van der Waals surface area contributed by atoms with Crippen LogP contribution in [0, 0.1) is 0 Å². The highest BCUT2D eigenvalue weighted by Crippen LogP contribution is 2.35. The number of urea groups is 1. The molecular formula is C33H40N4O3S. The molecule has 4 aromatic rings. The van der Waals surface area contributed by atoms with E-state index >= 15 is 0 Å². The van der Waals surface area contributed by atoms with Crippen LogP contribution in [-0.4, -0.2) is 42.5 Å². The number of aromatic amines is 1. The summed E-state index contributed by atoms with van der Waals surface area (Å²) in [6, 6.07) is 21.9. The first-order valence-corrected chi connectivity index (χ1v) is 15.0. The SMILES string of the molecule is COc1ccc(-c2nc(SCCCNC(=O)Nc3c(C(C)C)cccc3C(C)C)[nH]c2-c2ccc(OC)cc2)cc1. The number of amides is 2. The van der Waals surface area contributed by atoms with Crippen molar-refractivity contribution in [3.63, 3.8) is 0 Å². The topological polar surface area (TPSA) is 88.3 Å². The first-order valence-electron chi connectivity index (χ1n) is 14.0. The quantitative estimate of drug-likeness (QED) is 0.117. The van der Waals surface area contributed by atoms with Gasteiger partial charge in [-0.1, -0.05) is 57.7 Å². The van der Waals surface area contributed by atoms with E-state index in [-0.39, 0.29) is 6.03 Å². The Kier molecular flexibility index (Phi) is 10.4. The van der Waals surface area contributed by atoms with Crippen LogP contribution in [0.2, 0.25) is 0 Å². The van der Waals surface area contributed by atoms with Crippen LogP contribution in [-0.2, 0) is 0 Å². The summed E-state index contributed by atoms with van der Waals surface area (Å²) in [5.41, 5.74) is 7.08. The smallest absolute Gasteiger partial charge is 0.319 e. The number of H-pyrrole nitrogens is 1. The molecule has 1 heterocycles. The molecule has 1 aromatic heterocycles. The maximum Gasteiger partial charge on any atom is 0.319 e. The average molecular weight is 573 g/mol. The molecule has 7 nitrogen and oxygen atoms in total. The van der Waals surface area contributed by atoms with E-state index < -0.39 is 0 Å². The summed E-state index contributed by atoms with van der Waals surface area (Å²) in [6.45, 7) is 9.16. The molecule has 3 aromatic carbocycles. The van der Waals surface area contributed by atoms with E-state index in [0.717, 1.165) is 68.2 Å². The standard InChI is InChI=1S/C33H40N4O3S/c1-21(2)27-9-7-10-28(22(3)4)31(27)35-32(38)34-19-8-20-41-33-36-29(23-11-15-25(39-5)16-12-23)30(37-33)24-13-17-26(40-6)18-14-24/h7,9-18,21-22H,8,19-20H2,1-6H3,(H,36,37)(H2,34,35,38). The molecule has 0 atom stereocenters. The molecule has 8 heteroatoms. The van der Waals surface area contributed by atoms with Crippen molar-refractivity contribution >= 4 is 23.5 Å². The number of carbonyl (C=O) groups excluding carboxylic acids is 1. The lowest BCUT2D eigenvalue weighted by molar-refractivity contribution is 0.252. The number of para-hydroxylation sites is 1. The van der Waals surface area contributed by atoms with Crippen molar-refractivity contribution in [1.82, 2.24) is 15.3 Å². The van der Waals surface area contributed by atoms with E-state index in [1.807, 2.05) is 48.5 Å². The van der Waals surface area contributed by atoms with Gasteiger partial charge in [-0.15, -0.1) is 0 Å². The second-order valence-electron chi connectivity index (χ2n) is 10.4. The van der Waals surface area contributed by atoms with Gasteiger partial charge in [-0.2, -0.15) is 0 Å². The fourth-order valence-corrected chi connectivity index (χ4v) is 5.45. The number of nitrogens with zero attached hydrogens (tertiary/aromatic N) is 1. The third kappa shape index (κ3) is 7.64. The molecule has 0 aliphatic heterocycles. The number of imidazole rings is 1. The van der Waals surface area contributed by atoms with Crippen LogP contribution < -0.4 is 20.1 Å². The molecule has 0 saturated heterocycles. The maximum absolute atomic E-state index is 12.8. The van der Waals surface area contributed by atoms with Gasteiger partial charge in [-0.25, -0.2) is 9.78 Å². The molecule has 41 heavy (non-hydrogen) atoms. The fraction of sp³-hybridized carbons (Fsp3) is 0.333. The van der Waals surface area contributed by atoms with Crippen molar-refractivity contribution in [3.05, 3.63) is 77.9 Å². The van der Waals surface area contributed by atoms with E-state index in [0.29, 0.717) is 18.4 Å². The molecule has 0 radical (unpaired) electrons. The van der Waals surface area contributed by atoms with E-state index in [1.165, 1.54) is 0 Å². The third-order valence-electron chi connectivity index (χ3n) is 6.88.